The van der Waals surface area contributed by atoms with Gasteiger partial charge in [0.25, 0.3) is 5.91 Å². The minimum absolute atomic E-state index is 0.0372. The average Bonchev–Trinajstić information content (AvgIpc) is 2.47. The van der Waals surface area contributed by atoms with Crippen molar-refractivity contribution in [2.75, 3.05) is 0 Å². The van der Waals surface area contributed by atoms with Crippen LogP contribution < -0.4 is 5.32 Å². The molecule has 2 aromatic rings. The number of hydrogen-bond acceptors (Lipinski definition) is 4. The second kappa shape index (κ2) is 6.13. The van der Waals surface area contributed by atoms with Crippen LogP contribution >= 0.6 is 0 Å². The number of hydrogen-bond donors (Lipinski definition) is 2. The molecule has 0 spiro atoms. The Labute approximate surface area is 121 Å². The lowest BCUT2D eigenvalue weighted by Gasteiger charge is -2.12. The molecule has 0 aliphatic heterocycles. The molecule has 1 aromatic carbocycles. The van der Waals surface area contributed by atoms with Crippen molar-refractivity contribution in [2.24, 2.45) is 0 Å². The summed E-state index contributed by atoms with van der Waals surface area (Å²) in [5.74, 6) is -1.53. The Morgan fingerprint density at radius 3 is 2.38 bits per heavy atom. The number of nitrogens with one attached hydrogen (secondary N) is 1. The Bertz CT molecular complexity index is 684. The zero-order valence-electron chi connectivity index (χ0n) is 11.8. The van der Waals surface area contributed by atoms with Gasteiger partial charge in [-0.15, -0.1) is 0 Å². The molecule has 0 saturated heterocycles. The first kappa shape index (κ1) is 14.6. The van der Waals surface area contributed by atoms with Crippen LogP contribution in [0.4, 0.5) is 0 Å². The van der Waals surface area contributed by atoms with Crippen LogP contribution in [0, 0.1) is 13.8 Å². The highest BCUT2D eigenvalue weighted by atomic mass is 16.4. The Kier molecular flexibility index (Phi) is 4.27. The fourth-order valence-electron chi connectivity index (χ4n) is 2.06. The number of rotatable bonds is 4. The molecule has 2 rings (SSSR count). The Morgan fingerprint density at radius 2 is 1.81 bits per heavy atom. The first-order valence-corrected chi connectivity index (χ1v) is 6.37. The highest BCUT2D eigenvalue weighted by molar-refractivity contribution is 6.06. The number of carboxylic acid groups (broad SMARTS) is 1. The maximum atomic E-state index is 12.3. The molecule has 21 heavy (non-hydrogen) atoms. The second-order valence-corrected chi connectivity index (χ2v) is 4.64. The molecule has 0 bridgehead atoms. The molecule has 0 atom stereocenters. The Hall–Kier alpha value is -2.76. The topological polar surface area (TPSA) is 92.2 Å². The molecule has 6 heteroatoms. The monoisotopic (exact) mass is 285 g/mol. The first-order chi connectivity index (χ1) is 10.0. The number of carbonyl (C=O) groups is 2. The number of carboxylic acids is 1. The molecule has 0 unspecified atom stereocenters. The van der Waals surface area contributed by atoms with Gasteiger partial charge in [0, 0.05) is 6.20 Å². The molecule has 0 aliphatic carbocycles. The first-order valence-electron chi connectivity index (χ1n) is 6.37. The minimum atomic E-state index is -1.11. The van der Waals surface area contributed by atoms with Crippen LogP contribution in [-0.4, -0.2) is 27.0 Å². The number of benzene rings is 1. The van der Waals surface area contributed by atoms with Crippen molar-refractivity contribution in [1.29, 1.82) is 0 Å². The van der Waals surface area contributed by atoms with E-state index in [0.29, 0.717) is 16.8 Å². The molecular weight excluding hydrogens is 270 g/mol. The molecule has 0 fully saturated rings. The van der Waals surface area contributed by atoms with Crippen LogP contribution in [0.15, 0.2) is 30.7 Å². The maximum Gasteiger partial charge on any atom is 0.336 e. The van der Waals surface area contributed by atoms with E-state index >= 15 is 0 Å². The summed E-state index contributed by atoms with van der Waals surface area (Å²) in [6.07, 6.45) is 2.97. The van der Waals surface area contributed by atoms with Crippen LogP contribution in [0.25, 0.3) is 0 Å². The van der Waals surface area contributed by atoms with E-state index in [9.17, 15) is 14.7 Å². The van der Waals surface area contributed by atoms with Crippen LogP contribution in [0.1, 0.15) is 37.5 Å². The fraction of sp³-hybridized carbons (Fsp3) is 0.200. The van der Waals surface area contributed by atoms with E-state index in [2.05, 4.69) is 15.3 Å². The number of aromatic carboxylic acids is 1. The SMILES string of the molecule is Cc1ccc(C)c(C(=O)NCc2ccncn2)c1C(=O)O. The Balaban J connectivity index is 2.27. The highest BCUT2D eigenvalue weighted by Crippen LogP contribution is 2.19. The Morgan fingerprint density at radius 1 is 1.14 bits per heavy atom. The van der Waals surface area contributed by atoms with Crippen LogP contribution in [0.2, 0.25) is 0 Å². The summed E-state index contributed by atoms with van der Waals surface area (Å²) in [6, 6.07) is 5.11. The van der Waals surface area contributed by atoms with Crippen molar-refractivity contribution in [2.45, 2.75) is 20.4 Å². The summed E-state index contributed by atoms with van der Waals surface area (Å²) in [7, 11) is 0. The predicted molar refractivity (Wildman–Crippen MR) is 76.1 cm³/mol. The van der Waals surface area contributed by atoms with Crippen molar-refractivity contribution in [1.82, 2.24) is 15.3 Å². The summed E-state index contributed by atoms with van der Waals surface area (Å²) < 4.78 is 0. The quantitative estimate of drug-likeness (QED) is 0.892. The second-order valence-electron chi connectivity index (χ2n) is 4.64. The zero-order chi connectivity index (χ0) is 15.4. The van der Waals surface area contributed by atoms with Crippen molar-refractivity contribution < 1.29 is 14.7 Å². The van der Waals surface area contributed by atoms with E-state index in [-0.39, 0.29) is 17.7 Å². The van der Waals surface area contributed by atoms with Crippen molar-refractivity contribution in [3.63, 3.8) is 0 Å². The number of aromatic nitrogens is 2. The lowest BCUT2D eigenvalue weighted by molar-refractivity contribution is 0.0690. The summed E-state index contributed by atoms with van der Waals surface area (Å²) in [6.45, 7) is 3.60. The molecule has 1 aromatic heterocycles. The van der Waals surface area contributed by atoms with Gasteiger partial charge in [-0.1, -0.05) is 12.1 Å². The van der Waals surface area contributed by atoms with Crippen LogP contribution in [-0.2, 0) is 6.54 Å². The van der Waals surface area contributed by atoms with Crippen LogP contribution in [0.3, 0.4) is 0 Å². The average molecular weight is 285 g/mol. The van der Waals surface area contributed by atoms with Crippen molar-refractivity contribution in [3.8, 4) is 0 Å². The largest absolute Gasteiger partial charge is 0.478 e. The molecule has 6 nitrogen and oxygen atoms in total. The lowest BCUT2D eigenvalue weighted by Crippen LogP contribution is -2.26. The van der Waals surface area contributed by atoms with E-state index in [1.165, 1.54) is 6.33 Å². The number of nitrogens with zero attached hydrogens (tertiary/aromatic N) is 2. The molecule has 2 N–H and O–H groups in total. The van der Waals surface area contributed by atoms with E-state index < -0.39 is 11.9 Å². The molecule has 0 radical (unpaired) electrons. The molecule has 1 heterocycles. The summed E-state index contributed by atoms with van der Waals surface area (Å²) in [5, 5.41) is 12.0. The fourth-order valence-corrected chi connectivity index (χ4v) is 2.06. The number of aryl methyl sites for hydroxylation is 2. The van der Waals surface area contributed by atoms with Crippen molar-refractivity contribution in [3.05, 3.63) is 58.7 Å². The zero-order valence-corrected chi connectivity index (χ0v) is 11.8. The normalized spacial score (nSPS) is 10.2. The van der Waals surface area contributed by atoms with Gasteiger partial charge in [-0.25, -0.2) is 14.8 Å². The standard InChI is InChI=1S/C15H15N3O3/c1-9-3-4-10(2)13(15(20)21)12(9)14(19)17-7-11-5-6-16-8-18-11/h3-6,8H,7H2,1-2H3,(H,17,19)(H,20,21). The van der Waals surface area contributed by atoms with Gasteiger partial charge in [0.05, 0.1) is 23.4 Å². The van der Waals surface area contributed by atoms with E-state index in [1.54, 1.807) is 38.2 Å². The molecule has 0 aliphatic rings. The third-order valence-electron chi connectivity index (χ3n) is 3.14. The van der Waals surface area contributed by atoms with Gasteiger partial charge >= 0.3 is 5.97 Å². The van der Waals surface area contributed by atoms with Gasteiger partial charge in [-0.2, -0.15) is 0 Å². The molecule has 1 amide bonds. The van der Waals surface area contributed by atoms with E-state index in [1.807, 2.05) is 0 Å². The van der Waals surface area contributed by atoms with E-state index in [4.69, 9.17) is 0 Å². The van der Waals surface area contributed by atoms with Gasteiger partial charge in [-0.05, 0) is 31.0 Å². The summed E-state index contributed by atoms with van der Waals surface area (Å²) >= 11 is 0. The van der Waals surface area contributed by atoms with Gasteiger partial charge < -0.3 is 10.4 Å². The third-order valence-corrected chi connectivity index (χ3v) is 3.14. The summed E-state index contributed by atoms with van der Waals surface area (Å²) in [5.41, 5.74) is 2.06. The smallest absolute Gasteiger partial charge is 0.336 e. The van der Waals surface area contributed by atoms with Gasteiger partial charge in [-0.3, -0.25) is 4.79 Å². The van der Waals surface area contributed by atoms with Crippen molar-refractivity contribution >= 4 is 11.9 Å². The number of amides is 1. The van der Waals surface area contributed by atoms with Gasteiger partial charge in [0.2, 0.25) is 0 Å². The number of carbonyl (C=O) groups excluding carboxylic acids is 1. The molecular formula is C15H15N3O3. The van der Waals surface area contributed by atoms with Gasteiger partial charge in [0.1, 0.15) is 6.33 Å². The maximum absolute atomic E-state index is 12.3. The van der Waals surface area contributed by atoms with Crippen LogP contribution in [0.5, 0.6) is 0 Å². The highest BCUT2D eigenvalue weighted by Gasteiger charge is 2.21. The lowest BCUT2D eigenvalue weighted by atomic mass is 9.96. The minimum Gasteiger partial charge on any atom is -0.478 e. The summed E-state index contributed by atoms with van der Waals surface area (Å²) in [4.78, 5) is 31.5. The molecule has 108 valence electrons. The van der Waals surface area contributed by atoms with Gasteiger partial charge in [0.15, 0.2) is 0 Å². The third kappa shape index (κ3) is 3.22. The molecule has 0 saturated carbocycles. The predicted octanol–water partition coefficient (Wildman–Crippen LogP) is 1.72. The van der Waals surface area contributed by atoms with E-state index in [0.717, 1.165) is 0 Å².